The lowest BCUT2D eigenvalue weighted by Gasteiger charge is -2.38. The number of unbranched alkanes of at least 4 members (excludes halogenated alkanes) is 2. The Hall–Kier alpha value is -1.02. The molecule has 1 aromatic carbocycles. The summed E-state index contributed by atoms with van der Waals surface area (Å²) in [6.45, 7) is 6.86. The summed E-state index contributed by atoms with van der Waals surface area (Å²) in [5.41, 5.74) is 1.07. The Morgan fingerprint density at radius 2 is 1.83 bits per heavy atom. The molecule has 0 aromatic heterocycles. The SMILES string of the molecule is CCCCCC(OC1CCCCC1)C(C)(C)Cc1ccccc1O. The molecule has 1 N–H and O–H groups in total. The van der Waals surface area contributed by atoms with Crippen LogP contribution in [0.25, 0.3) is 0 Å². The molecule has 1 unspecified atom stereocenters. The molecule has 2 nitrogen and oxygen atoms in total. The van der Waals surface area contributed by atoms with Crippen molar-refractivity contribution in [3.05, 3.63) is 29.8 Å². The van der Waals surface area contributed by atoms with Crippen molar-refractivity contribution in [2.45, 2.75) is 97.2 Å². The molecule has 0 amide bonds. The molecule has 1 aliphatic carbocycles. The van der Waals surface area contributed by atoms with E-state index in [4.69, 9.17) is 4.74 Å². The first-order chi connectivity index (χ1) is 11.5. The van der Waals surface area contributed by atoms with E-state index in [1.165, 1.54) is 51.4 Å². The smallest absolute Gasteiger partial charge is 0.118 e. The van der Waals surface area contributed by atoms with Crippen LogP contribution in [-0.4, -0.2) is 17.3 Å². The van der Waals surface area contributed by atoms with Crippen molar-refractivity contribution >= 4 is 0 Å². The molecule has 0 saturated heterocycles. The van der Waals surface area contributed by atoms with Gasteiger partial charge < -0.3 is 9.84 Å². The lowest BCUT2D eigenvalue weighted by molar-refractivity contribution is -0.0882. The van der Waals surface area contributed by atoms with Crippen LogP contribution < -0.4 is 0 Å². The van der Waals surface area contributed by atoms with Gasteiger partial charge in [-0.05, 0) is 42.7 Å². The van der Waals surface area contributed by atoms with Crippen molar-refractivity contribution in [3.63, 3.8) is 0 Å². The lowest BCUT2D eigenvalue weighted by Crippen LogP contribution is -2.37. The van der Waals surface area contributed by atoms with Gasteiger partial charge >= 0.3 is 0 Å². The number of para-hydroxylation sites is 1. The van der Waals surface area contributed by atoms with Gasteiger partial charge in [0.05, 0.1) is 12.2 Å². The molecule has 1 atom stereocenters. The van der Waals surface area contributed by atoms with Crippen molar-refractivity contribution in [2.24, 2.45) is 5.41 Å². The third kappa shape index (κ3) is 5.81. The third-order valence-electron chi connectivity index (χ3n) is 5.49. The van der Waals surface area contributed by atoms with Gasteiger partial charge in [-0.1, -0.05) is 77.5 Å². The number of aromatic hydroxyl groups is 1. The van der Waals surface area contributed by atoms with Crippen LogP contribution in [-0.2, 0) is 11.2 Å². The average molecular weight is 333 g/mol. The van der Waals surface area contributed by atoms with E-state index in [-0.39, 0.29) is 11.5 Å². The van der Waals surface area contributed by atoms with Crippen molar-refractivity contribution in [1.82, 2.24) is 0 Å². The maximum Gasteiger partial charge on any atom is 0.118 e. The maximum absolute atomic E-state index is 10.2. The Morgan fingerprint density at radius 3 is 2.50 bits per heavy atom. The van der Waals surface area contributed by atoms with Crippen molar-refractivity contribution in [2.75, 3.05) is 0 Å². The third-order valence-corrected chi connectivity index (χ3v) is 5.49. The molecule has 0 heterocycles. The molecule has 24 heavy (non-hydrogen) atoms. The number of hydrogen-bond acceptors (Lipinski definition) is 2. The van der Waals surface area contributed by atoms with Gasteiger partial charge in [-0.15, -0.1) is 0 Å². The zero-order valence-electron chi connectivity index (χ0n) is 15.9. The number of benzene rings is 1. The van der Waals surface area contributed by atoms with Gasteiger partial charge in [0, 0.05) is 0 Å². The summed E-state index contributed by atoms with van der Waals surface area (Å²) in [6, 6.07) is 7.74. The fourth-order valence-corrected chi connectivity index (χ4v) is 3.92. The highest BCUT2D eigenvalue weighted by atomic mass is 16.5. The first-order valence-corrected chi connectivity index (χ1v) is 9.95. The van der Waals surface area contributed by atoms with Gasteiger partial charge in [-0.2, -0.15) is 0 Å². The Labute approximate surface area is 148 Å². The monoisotopic (exact) mass is 332 g/mol. The summed E-state index contributed by atoms with van der Waals surface area (Å²) in [5.74, 6) is 0.413. The number of hydrogen-bond donors (Lipinski definition) is 1. The zero-order valence-corrected chi connectivity index (χ0v) is 15.9. The molecule has 0 bridgehead atoms. The van der Waals surface area contributed by atoms with Crippen LogP contribution in [0, 0.1) is 5.41 Å². The Bertz CT molecular complexity index is 475. The maximum atomic E-state index is 10.2. The number of ether oxygens (including phenoxy) is 1. The molecule has 0 spiro atoms. The lowest BCUT2D eigenvalue weighted by atomic mass is 9.78. The molecule has 2 rings (SSSR count). The Kier molecular flexibility index (Phi) is 7.61. The summed E-state index contributed by atoms with van der Waals surface area (Å²) in [7, 11) is 0. The molecular weight excluding hydrogens is 296 g/mol. The van der Waals surface area contributed by atoms with Crippen molar-refractivity contribution < 1.29 is 9.84 Å². The van der Waals surface area contributed by atoms with Crippen molar-refractivity contribution in [1.29, 1.82) is 0 Å². The van der Waals surface area contributed by atoms with Gasteiger partial charge in [-0.3, -0.25) is 0 Å². The molecule has 2 heteroatoms. The largest absolute Gasteiger partial charge is 0.508 e. The van der Waals surface area contributed by atoms with Crippen LogP contribution in [0.3, 0.4) is 0 Å². The number of phenolic OH excluding ortho intramolecular Hbond substituents is 1. The summed E-state index contributed by atoms with van der Waals surface area (Å²) >= 11 is 0. The van der Waals surface area contributed by atoms with E-state index in [2.05, 4.69) is 20.8 Å². The van der Waals surface area contributed by atoms with Gasteiger partial charge in [0.25, 0.3) is 0 Å². The van der Waals surface area contributed by atoms with Crippen LogP contribution >= 0.6 is 0 Å². The van der Waals surface area contributed by atoms with E-state index < -0.39 is 0 Å². The highest BCUT2D eigenvalue weighted by Gasteiger charge is 2.33. The zero-order chi connectivity index (χ0) is 17.4. The quantitative estimate of drug-likeness (QED) is 0.541. The van der Waals surface area contributed by atoms with Crippen LogP contribution in [0.2, 0.25) is 0 Å². The van der Waals surface area contributed by atoms with E-state index in [1.54, 1.807) is 6.07 Å². The fraction of sp³-hybridized carbons (Fsp3) is 0.727. The summed E-state index contributed by atoms with van der Waals surface area (Å²) < 4.78 is 6.63. The molecular formula is C22H36O2. The van der Waals surface area contributed by atoms with Gasteiger partial charge in [0.2, 0.25) is 0 Å². The Morgan fingerprint density at radius 1 is 1.12 bits per heavy atom. The minimum atomic E-state index is 0.0318. The van der Waals surface area contributed by atoms with Crippen LogP contribution in [0.5, 0.6) is 5.75 Å². The second kappa shape index (κ2) is 9.46. The molecule has 136 valence electrons. The topological polar surface area (TPSA) is 29.5 Å². The molecule has 0 radical (unpaired) electrons. The number of rotatable bonds is 9. The molecule has 1 saturated carbocycles. The summed E-state index contributed by atoms with van der Waals surface area (Å²) in [6.07, 6.45) is 12.9. The fourth-order valence-electron chi connectivity index (χ4n) is 3.92. The van der Waals surface area contributed by atoms with E-state index in [1.807, 2.05) is 18.2 Å². The van der Waals surface area contributed by atoms with Crippen LogP contribution in [0.4, 0.5) is 0 Å². The van der Waals surface area contributed by atoms with Gasteiger partial charge in [-0.25, -0.2) is 0 Å². The Balaban J connectivity index is 2.05. The molecule has 1 aromatic rings. The van der Waals surface area contributed by atoms with Gasteiger partial charge in [0.1, 0.15) is 5.75 Å². The van der Waals surface area contributed by atoms with Crippen LogP contribution in [0.1, 0.15) is 84.1 Å². The number of phenols is 1. The van der Waals surface area contributed by atoms with Gasteiger partial charge in [0.15, 0.2) is 0 Å². The summed E-state index contributed by atoms with van der Waals surface area (Å²) in [4.78, 5) is 0. The van der Waals surface area contributed by atoms with E-state index in [9.17, 15) is 5.11 Å². The predicted molar refractivity (Wildman–Crippen MR) is 101 cm³/mol. The molecule has 1 fully saturated rings. The standard InChI is InChI=1S/C22H36O2/c1-4-5-7-16-21(24-19-13-8-6-9-14-19)22(2,3)17-18-12-10-11-15-20(18)23/h10-12,15,19,21,23H,4-9,13-14,16-17H2,1-3H3. The predicted octanol–water partition coefficient (Wildman–Crippen LogP) is 6.26. The van der Waals surface area contributed by atoms with E-state index >= 15 is 0 Å². The van der Waals surface area contributed by atoms with Crippen LogP contribution in [0.15, 0.2) is 24.3 Å². The second-order valence-corrected chi connectivity index (χ2v) is 8.17. The normalized spacial score (nSPS) is 17.8. The minimum Gasteiger partial charge on any atom is -0.508 e. The first-order valence-electron chi connectivity index (χ1n) is 9.95. The average Bonchev–Trinajstić information content (AvgIpc) is 2.57. The first kappa shape index (κ1) is 19.3. The molecule has 1 aliphatic rings. The highest BCUT2D eigenvalue weighted by Crippen LogP contribution is 2.36. The minimum absolute atomic E-state index is 0.0318. The van der Waals surface area contributed by atoms with E-state index in [0.29, 0.717) is 11.9 Å². The van der Waals surface area contributed by atoms with Crippen molar-refractivity contribution in [3.8, 4) is 5.75 Å². The van der Waals surface area contributed by atoms with E-state index in [0.717, 1.165) is 18.4 Å². The molecule has 0 aliphatic heterocycles. The summed E-state index contributed by atoms with van der Waals surface area (Å²) in [5, 5.41) is 10.2. The highest BCUT2D eigenvalue weighted by molar-refractivity contribution is 5.32. The second-order valence-electron chi connectivity index (χ2n) is 8.17.